The molecule has 0 spiro atoms. The third-order valence-electron chi connectivity index (χ3n) is 3.86. The zero-order chi connectivity index (χ0) is 13.3. The summed E-state index contributed by atoms with van der Waals surface area (Å²) in [4.78, 5) is 0. The molecule has 1 fully saturated rings. The van der Waals surface area contributed by atoms with Gasteiger partial charge in [-0.25, -0.2) is 4.39 Å². The number of hydrogen-bond acceptors (Lipinski definition) is 2. The molecular formula is C16H16FNO. The van der Waals surface area contributed by atoms with Crippen molar-refractivity contribution in [1.82, 2.24) is 5.32 Å². The normalized spacial score (nSPS) is 16.9. The maximum atomic E-state index is 13.0. The quantitative estimate of drug-likeness (QED) is 0.886. The Balaban J connectivity index is 1.87. The predicted molar refractivity (Wildman–Crippen MR) is 72.8 cm³/mol. The van der Waals surface area contributed by atoms with Crippen molar-refractivity contribution in [3.63, 3.8) is 0 Å². The van der Waals surface area contributed by atoms with Crippen LogP contribution in [0, 0.1) is 5.82 Å². The van der Waals surface area contributed by atoms with Crippen molar-refractivity contribution in [2.75, 3.05) is 13.1 Å². The lowest BCUT2D eigenvalue weighted by molar-refractivity contribution is 0.274. The van der Waals surface area contributed by atoms with Crippen molar-refractivity contribution in [2.45, 2.75) is 11.8 Å². The SMILES string of the molecule is Oc1ccc(CC2(c3ccc(F)cc3)CNC2)cc1. The van der Waals surface area contributed by atoms with Crippen LogP contribution in [0.15, 0.2) is 48.5 Å². The van der Waals surface area contributed by atoms with Crippen LogP contribution in [0.4, 0.5) is 4.39 Å². The number of phenols is 1. The van der Waals surface area contributed by atoms with E-state index in [9.17, 15) is 9.50 Å². The zero-order valence-electron chi connectivity index (χ0n) is 10.6. The highest BCUT2D eigenvalue weighted by molar-refractivity contribution is 5.35. The summed E-state index contributed by atoms with van der Waals surface area (Å²) in [6.07, 6.45) is 0.895. The van der Waals surface area contributed by atoms with Crippen LogP contribution in [0.5, 0.6) is 5.75 Å². The second kappa shape index (κ2) is 4.67. The molecular weight excluding hydrogens is 241 g/mol. The summed E-state index contributed by atoms with van der Waals surface area (Å²) in [5.74, 6) is 0.0853. The first-order valence-electron chi connectivity index (χ1n) is 6.43. The number of nitrogens with one attached hydrogen (secondary N) is 1. The van der Waals surface area contributed by atoms with Crippen LogP contribution in [-0.2, 0) is 11.8 Å². The zero-order valence-corrected chi connectivity index (χ0v) is 10.6. The first-order chi connectivity index (χ1) is 9.18. The Morgan fingerprint density at radius 2 is 1.63 bits per heavy atom. The molecule has 2 aromatic carbocycles. The molecule has 1 saturated heterocycles. The third-order valence-corrected chi connectivity index (χ3v) is 3.86. The molecule has 0 unspecified atom stereocenters. The van der Waals surface area contributed by atoms with E-state index in [1.165, 1.54) is 23.3 Å². The maximum absolute atomic E-state index is 13.0. The van der Waals surface area contributed by atoms with Crippen LogP contribution >= 0.6 is 0 Å². The highest BCUT2D eigenvalue weighted by Gasteiger charge is 2.38. The van der Waals surface area contributed by atoms with Crippen LogP contribution in [0.3, 0.4) is 0 Å². The Morgan fingerprint density at radius 3 is 2.16 bits per heavy atom. The van der Waals surface area contributed by atoms with Gasteiger partial charge in [0.2, 0.25) is 0 Å². The Hall–Kier alpha value is -1.87. The number of halogens is 1. The molecule has 1 heterocycles. The van der Waals surface area contributed by atoms with Crippen LogP contribution in [0.1, 0.15) is 11.1 Å². The summed E-state index contributed by atoms with van der Waals surface area (Å²) in [7, 11) is 0. The third kappa shape index (κ3) is 2.34. The van der Waals surface area contributed by atoms with Gasteiger partial charge in [0.1, 0.15) is 11.6 Å². The lowest BCUT2D eigenvalue weighted by Crippen LogP contribution is -2.58. The van der Waals surface area contributed by atoms with E-state index in [4.69, 9.17) is 0 Å². The van der Waals surface area contributed by atoms with Gasteiger partial charge in [-0.15, -0.1) is 0 Å². The van der Waals surface area contributed by atoms with Gasteiger partial charge in [0, 0.05) is 18.5 Å². The number of hydrogen-bond donors (Lipinski definition) is 2. The number of rotatable bonds is 3. The number of benzene rings is 2. The molecule has 0 radical (unpaired) electrons. The minimum absolute atomic E-state index is 0.0463. The van der Waals surface area contributed by atoms with Gasteiger partial charge in [0.05, 0.1) is 0 Å². The molecule has 0 saturated carbocycles. The van der Waals surface area contributed by atoms with E-state index in [2.05, 4.69) is 5.32 Å². The molecule has 0 bridgehead atoms. The summed E-state index contributed by atoms with van der Waals surface area (Å²) in [5, 5.41) is 12.6. The molecule has 2 aromatic rings. The molecule has 0 atom stereocenters. The van der Waals surface area contributed by atoms with Gasteiger partial charge in [-0.3, -0.25) is 0 Å². The van der Waals surface area contributed by atoms with E-state index in [0.717, 1.165) is 19.5 Å². The average Bonchev–Trinajstić information content (AvgIpc) is 2.37. The first-order valence-corrected chi connectivity index (χ1v) is 6.43. The Morgan fingerprint density at radius 1 is 1.00 bits per heavy atom. The maximum Gasteiger partial charge on any atom is 0.123 e. The predicted octanol–water partition coefficient (Wildman–Crippen LogP) is 2.62. The van der Waals surface area contributed by atoms with Crippen LogP contribution in [0.25, 0.3) is 0 Å². The van der Waals surface area contributed by atoms with E-state index in [1.54, 1.807) is 12.1 Å². The van der Waals surface area contributed by atoms with Gasteiger partial charge in [-0.05, 0) is 41.8 Å². The molecule has 0 aliphatic carbocycles. The second-order valence-corrected chi connectivity index (χ2v) is 5.23. The minimum Gasteiger partial charge on any atom is -0.508 e. The van der Waals surface area contributed by atoms with Crippen molar-refractivity contribution in [1.29, 1.82) is 0 Å². The van der Waals surface area contributed by atoms with E-state index in [0.29, 0.717) is 0 Å². The fourth-order valence-corrected chi connectivity index (χ4v) is 2.67. The average molecular weight is 257 g/mol. The topological polar surface area (TPSA) is 32.3 Å². The molecule has 2 N–H and O–H groups in total. The largest absolute Gasteiger partial charge is 0.508 e. The summed E-state index contributed by atoms with van der Waals surface area (Å²) < 4.78 is 13.0. The molecule has 2 nitrogen and oxygen atoms in total. The van der Waals surface area contributed by atoms with Crippen molar-refractivity contribution in [2.24, 2.45) is 0 Å². The summed E-state index contributed by atoms with van der Waals surface area (Å²) in [6.45, 7) is 1.80. The lowest BCUT2D eigenvalue weighted by atomic mass is 9.71. The van der Waals surface area contributed by atoms with Gasteiger partial charge in [-0.2, -0.15) is 0 Å². The monoisotopic (exact) mass is 257 g/mol. The molecule has 19 heavy (non-hydrogen) atoms. The molecule has 98 valence electrons. The lowest BCUT2D eigenvalue weighted by Gasteiger charge is -2.43. The molecule has 0 amide bonds. The number of phenolic OH excluding ortho intramolecular Hbond substituents is 1. The van der Waals surface area contributed by atoms with Crippen molar-refractivity contribution in [3.05, 3.63) is 65.5 Å². The van der Waals surface area contributed by atoms with Crippen LogP contribution < -0.4 is 5.32 Å². The van der Waals surface area contributed by atoms with Gasteiger partial charge < -0.3 is 10.4 Å². The minimum atomic E-state index is -0.198. The smallest absolute Gasteiger partial charge is 0.123 e. The molecule has 3 heteroatoms. The van der Waals surface area contributed by atoms with Gasteiger partial charge in [-0.1, -0.05) is 24.3 Å². The first kappa shape index (κ1) is 12.2. The highest BCUT2D eigenvalue weighted by atomic mass is 19.1. The molecule has 3 rings (SSSR count). The van der Waals surface area contributed by atoms with Crippen molar-refractivity contribution >= 4 is 0 Å². The standard InChI is InChI=1S/C16H16FNO/c17-14-5-3-13(4-6-14)16(10-18-11-16)9-12-1-7-15(19)8-2-12/h1-8,18-19H,9-11H2. The molecule has 0 aromatic heterocycles. The van der Waals surface area contributed by atoms with E-state index >= 15 is 0 Å². The second-order valence-electron chi connectivity index (χ2n) is 5.23. The van der Waals surface area contributed by atoms with Gasteiger partial charge in [0.25, 0.3) is 0 Å². The Kier molecular flexibility index (Phi) is 2.99. The molecule has 1 aliphatic heterocycles. The summed E-state index contributed by atoms with van der Waals surface area (Å²) in [5.41, 5.74) is 2.40. The fraction of sp³-hybridized carbons (Fsp3) is 0.250. The van der Waals surface area contributed by atoms with Gasteiger partial charge in [0.15, 0.2) is 0 Å². The van der Waals surface area contributed by atoms with Crippen molar-refractivity contribution < 1.29 is 9.50 Å². The van der Waals surface area contributed by atoms with Gasteiger partial charge >= 0.3 is 0 Å². The Bertz CT molecular complexity index is 558. The van der Waals surface area contributed by atoms with Crippen LogP contribution in [-0.4, -0.2) is 18.2 Å². The highest BCUT2D eigenvalue weighted by Crippen LogP contribution is 2.33. The van der Waals surface area contributed by atoms with E-state index in [1.807, 2.05) is 24.3 Å². The summed E-state index contributed by atoms with van der Waals surface area (Å²) in [6, 6.07) is 14.1. The fourth-order valence-electron chi connectivity index (χ4n) is 2.67. The summed E-state index contributed by atoms with van der Waals surface area (Å²) >= 11 is 0. The number of aromatic hydroxyl groups is 1. The Labute approximate surface area is 111 Å². The molecule has 1 aliphatic rings. The van der Waals surface area contributed by atoms with Crippen LogP contribution in [0.2, 0.25) is 0 Å². The van der Waals surface area contributed by atoms with E-state index < -0.39 is 0 Å². The van der Waals surface area contributed by atoms with Crippen molar-refractivity contribution in [3.8, 4) is 5.75 Å². The van der Waals surface area contributed by atoms with E-state index in [-0.39, 0.29) is 17.0 Å².